The summed E-state index contributed by atoms with van der Waals surface area (Å²) in [6.45, 7) is 0.455. The molecule has 4 heteroatoms. The molecule has 0 saturated carbocycles. The molecular formula is C14H11FN2S. The maximum absolute atomic E-state index is 13.5. The first-order valence-corrected chi connectivity index (χ1v) is 6.56. The van der Waals surface area contributed by atoms with Crippen LogP contribution in [0.2, 0.25) is 0 Å². The standard InChI is InChI=1S/C14H11FN2S/c15-13-4-2-1-3-11(13)9-17-7-5-14(16-17)12-6-8-18-10-12/h1-8,10H,9H2. The first kappa shape index (κ1) is 11.2. The number of thiophene rings is 1. The molecule has 3 rings (SSSR count). The molecule has 0 aliphatic carbocycles. The lowest BCUT2D eigenvalue weighted by Crippen LogP contribution is -2.02. The average molecular weight is 258 g/mol. The van der Waals surface area contributed by atoms with Gasteiger partial charge in [-0.25, -0.2) is 4.39 Å². The zero-order chi connectivity index (χ0) is 12.4. The molecule has 0 bridgehead atoms. The predicted molar refractivity (Wildman–Crippen MR) is 71.0 cm³/mol. The van der Waals surface area contributed by atoms with Gasteiger partial charge in [-0.3, -0.25) is 4.68 Å². The normalized spacial score (nSPS) is 10.7. The van der Waals surface area contributed by atoms with Crippen molar-refractivity contribution in [3.05, 3.63) is 64.7 Å². The first-order valence-electron chi connectivity index (χ1n) is 5.62. The fourth-order valence-corrected chi connectivity index (χ4v) is 2.46. The Morgan fingerprint density at radius 2 is 2.06 bits per heavy atom. The molecule has 2 heterocycles. The molecule has 18 heavy (non-hydrogen) atoms. The van der Waals surface area contributed by atoms with Crippen LogP contribution in [-0.4, -0.2) is 9.78 Å². The molecule has 3 aromatic rings. The molecule has 0 spiro atoms. The number of rotatable bonds is 3. The lowest BCUT2D eigenvalue weighted by atomic mass is 10.2. The highest BCUT2D eigenvalue weighted by molar-refractivity contribution is 7.08. The van der Waals surface area contributed by atoms with Crippen molar-refractivity contribution >= 4 is 11.3 Å². The fourth-order valence-electron chi connectivity index (χ4n) is 1.82. The molecule has 0 N–H and O–H groups in total. The number of halogens is 1. The summed E-state index contributed by atoms with van der Waals surface area (Å²) in [5.41, 5.74) is 2.68. The van der Waals surface area contributed by atoms with Crippen molar-refractivity contribution in [3.63, 3.8) is 0 Å². The highest BCUT2D eigenvalue weighted by Crippen LogP contribution is 2.20. The van der Waals surface area contributed by atoms with Gasteiger partial charge in [0.2, 0.25) is 0 Å². The summed E-state index contributed by atoms with van der Waals surface area (Å²) in [5, 5.41) is 8.52. The van der Waals surface area contributed by atoms with Gasteiger partial charge in [0.15, 0.2) is 0 Å². The van der Waals surface area contributed by atoms with Crippen molar-refractivity contribution in [1.82, 2.24) is 9.78 Å². The van der Waals surface area contributed by atoms with Gasteiger partial charge in [-0.1, -0.05) is 18.2 Å². The second-order valence-electron chi connectivity index (χ2n) is 4.00. The summed E-state index contributed by atoms with van der Waals surface area (Å²) in [6.07, 6.45) is 1.87. The number of nitrogens with zero attached hydrogens (tertiary/aromatic N) is 2. The molecule has 0 saturated heterocycles. The Balaban J connectivity index is 1.85. The number of hydrogen-bond donors (Lipinski definition) is 0. The summed E-state index contributed by atoms with van der Waals surface area (Å²) in [6, 6.07) is 10.8. The fraction of sp³-hybridized carbons (Fsp3) is 0.0714. The lowest BCUT2D eigenvalue weighted by Gasteiger charge is -2.02. The van der Waals surface area contributed by atoms with Gasteiger partial charge in [0.05, 0.1) is 12.2 Å². The van der Waals surface area contributed by atoms with Crippen LogP contribution >= 0.6 is 11.3 Å². The predicted octanol–water partition coefficient (Wildman–Crippen LogP) is 3.80. The summed E-state index contributed by atoms with van der Waals surface area (Å²) < 4.78 is 15.3. The first-order chi connectivity index (χ1) is 8.83. The quantitative estimate of drug-likeness (QED) is 0.698. The maximum atomic E-state index is 13.5. The SMILES string of the molecule is Fc1ccccc1Cn1ccc(-c2ccsc2)n1. The second-order valence-corrected chi connectivity index (χ2v) is 4.78. The molecule has 0 atom stereocenters. The van der Waals surface area contributed by atoms with Crippen molar-refractivity contribution < 1.29 is 4.39 Å². The molecule has 0 unspecified atom stereocenters. The van der Waals surface area contributed by atoms with Gasteiger partial charge in [-0.2, -0.15) is 16.4 Å². The number of aromatic nitrogens is 2. The summed E-state index contributed by atoms with van der Waals surface area (Å²) in [7, 11) is 0. The molecule has 0 radical (unpaired) electrons. The summed E-state index contributed by atoms with van der Waals surface area (Å²) >= 11 is 1.64. The van der Waals surface area contributed by atoms with Gasteiger partial charge in [-0.05, 0) is 23.6 Å². The van der Waals surface area contributed by atoms with E-state index >= 15 is 0 Å². The van der Waals surface area contributed by atoms with Crippen LogP contribution in [0.25, 0.3) is 11.3 Å². The monoisotopic (exact) mass is 258 g/mol. The minimum Gasteiger partial charge on any atom is -0.268 e. The number of hydrogen-bond acceptors (Lipinski definition) is 2. The van der Waals surface area contributed by atoms with Crippen LogP contribution < -0.4 is 0 Å². The van der Waals surface area contributed by atoms with Crippen molar-refractivity contribution in [3.8, 4) is 11.3 Å². The van der Waals surface area contributed by atoms with Gasteiger partial charge in [0.25, 0.3) is 0 Å². The van der Waals surface area contributed by atoms with Gasteiger partial charge >= 0.3 is 0 Å². The Morgan fingerprint density at radius 3 is 2.83 bits per heavy atom. The van der Waals surface area contributed by atoms with Gasteiger partial charge in [0, 0.05) is 22.7 Å². The smallest absolute Gasteiger partial charge is 0.128 e. The molecular weight excluding hydrogens is 247 g/mol. The topological polar surface area (TPSA) is 17.8 Å². The highest BCUT2D eigenvalue weighted by Gasteiger charge is 2.05. The van der Waals surface area contributed by atoms with Crippen LogP contribution in [0.5, 0.6) is 0 Å². The van der Waals surface area contributed by atoms with Crippen LogP contribution in [0.3, 0.4) is 0 Å². The lowest BCUT2D eigenvalue weighted by molar-refractivity contribution is 0.585. The molecule has 0 aliphatic heterocycles. The highest BCUT2D eigenvalue weighted by atomic mass is 32.1. The van der Waals surface area contributed by atoms with E-state index in [1.807, 2.05) is 29.8 Å². The van der Waals surface area contributed by atoms with Crippen LogP contribution in [0, 0.1) is 5.82 Å². The van der Waals surface area contributed by atoms with Crippen molar-refractivity contribution in [1.29, 1.82) is 0 Å². The molecule has 90 valence electrons. The molecule has 0 amide bonds. The van der Waals surface area contributed by atoms with E-state index in [9.17, 15) is 4.39 Å². The molecule has 1 aromatic carbocycles. The third-order valence-corrected chi connectivity index (χ3v) is 3.43. The van der Waals surface area contributed by atoms with Crippen LogP contribution in [0.1, 0.15) is 5.56 Å². The average Bonchev–Trinajstić information content (AvgIpc) is 3.02. The Bertz CT molecular complexity index is 643. The third-order valence-electron chi connectivity index (χ3n) is 2.75. The van der Waals surface area contributed by atoms with Crippen molar-refractivity contribution in [2.24, 2.45) is 0 Å². The van der Waals surface area contributed by atoms with E-state index in [0.29, 0.717) is 12.1 Å². The minimum absolute atomic E-state index is 0.190. The van der Waals surface area contributed by atoms with Crippen LogP contribution in [-0.2, 0) is 6.54 Å². The van der Waals surface area contributed by atoms with Gasteiger partial charge in [-0.15, -0.1) is 0 Å². The Hall–Kier alpha value is -1.94. The van der Waals surface area contributed by atoms with E-state index < -0.39 is 0 Å². The van der Waals surface area contributed by atoms with E-state index in [4.69, 9.17) is 0 Å². The van der Waals surface area contributed by atoms with E-state index in [-0.39, 0.29) is 5.82 Å². The van der Waals surface area contributed by atoms with Crippen LogP contribution in [0.15, 0.2) is 53.4 Å². The largest absolute Gasteiger partial charge is 0.268 e. The number of benzene rings is 1. The van der Waals surface area contributed by atoms with Crippen molar-refractivity contribution in [2.45, 2.75) is 6.54 Å². The van der Waals surface area contributed by atoms with E-state index in [1.165, 1.54) is 6.07 Å². The zero-order valence-corrected chi connectivity index (χ0v) is 10.4. The third kappa shape index (κ3) is 2.19. The Kier molecular flexibility index (Phi) is 2.94. The van der Waals surface area contributed by atoms with Gasteiger partial charge < -0.3 is 0 Å². The summed E-state index contributed by atoms with van der Waals surface area (Å²) in [4.78, 5) is 0. The Labute approximate surface area is 108 Å². The maximum Gasteiger partial charge on any atom is 0.128 e. The summed E-state index contributed by atoms with van der Waals surface area (Å²) in [5.74, 6) is -0.190. The Morgan fingerprint density at radius 1 is 1.17 bits per heavy atom. The minimum atomic E-state index is -0.190. The molecule has 0 fully saturated rings. The van der Waals surface area contributed by atoms with E-state index in [1.54, 1.807) is 28.2 Å². The van der Waals surface area contributed by atoms with Gasteiger partial charge in [0.1, 0.15) is 5.82 Å². The molecule has 2 aromatic heterocycles. The second kappa shape index (κ2) is 4.74. The molecule has 0 aliphatic rings. The van der Waals surface area contributed by atoms with Crippen LogP contribution in [0.4, 0.5) is 4.39 Å². The van der Waals surface area contributed by atoms with Crippen molar-refractivity contribution in [2.75, 3.05) is 0 Å². The van der Waals surface area contributed by atoms with E-state index in [2.05, 4.69) is 10.5 Å². The molecule has 2 nitrogen and oxygen atoms in total. The van der Waals surface area contributed by atoms with E-state index in [0.717, 1.165) is 11.3 Å². The zero-order valence-electron chi connectivity index (χ0n) is 9.58.